The fourth-order valence-corrected chi connectivity index (χ4v) is 1.85. The fraction of sp³-hybridized carbons (Fsp3) is 0.818. The third-order valence-electron chi connectivity index (χ3n) is 2.51. The molecular formula is C11H18O4. The van der Waals surface area contributed by atoms with Gasteiger partial charge in [-0.1, -0.05) is 0 Å². The minimum atomic E-state index is -0.412. The van der Waals surface area contributed by atoms with Crippen LogP contribution in [0.2, 0.25) is 0 Å². The molecule has 1 aliphatic rings. The van der Waals surface area contributed by atoms with Crippen molar-refractivity contribution >= 4 is 11.8 Å². The van der Waals surface area contributed by atoms with Crippen LogP contribution in [-0.4, -0.2) is 31.1 Å². The van der Waals surface area contributed by atoms with Crippen LogP contribution in [0.15, 0.2) is 0 Å². The van der Waals surface area contributed by atoms with Crippen molar-refractivity contribution in [3.63, 3.8) is 0 Å². The molecular weight excluding hydrogens is 196 g/mol. The molecule has 1 heterocycles. The van der Waals surface area contributed by atoms with Crippen molar-refractivity contribution < 1.29 is 19.1 Å². The lowest BCUT2D eigenvalue weighted by Gasteiger charge is -2.19. The third kappa shape index (κ3) is 3.63. The lowest BCUT2D eigenvalue weighted by molar-refractivity contribution is -0.154. The van der Waals surface area contributed by atoms with Gasteiger partial charge in [0.25, 0.3) is 0 Å². The molecule has 0 radical (unpaired) electrons. The molecule has 86 valence electrons. The van der Waals surface area contributed by atoms with E-state index in [1.54, 1.807) is 6.92 Å². The number of esters is 1. The fourth-order valence-electron chi connectivity index (χ4n) is 1.85. The maximum Gasteiger partial charge on any atom is 0.312 e. The van der Waals surface area contributed by atoms with E-state index in [1.807, 2.05) is 0 Å². The highest BCUT2D eigenvalue weighted by Crippen LogP contribution is 2.24. The Labute approximate surface area is 89.9 Å². The lowest BCUT2D eigenvalue weighted by atomic mass is 9.95. The Morgan fingerprint density at radius 1 is 1.53 bits per heavy atom. The Balaban J connectivity index is 2.58. The van der Waals surface area contributed by atoms with Gasteiger partial charge >= 0.3 is 5.97 Å². The number of carbonyl (C=O) groups is 2. The minimum Gasteiger partial charge on any atom is -0.466 e. The monoisotopic (exact) mass is 214 g/mol. The molecule has 1 aliphatic heterocycles. The second-order valence-electron chi connectivity index (χ2n) is 3.82. The summed E-state index contributed by atoms with van der Waals surface area (Å²) in [7, 11) is 0. The first-order valence-corrected chi connectivity index (χ1v) is 5.42. The van der Waals surface area contributed by atoms with E-state index < -0.39 is 5.92 Å². The van der Waals surface area contributed by atoms with E-state index in [1.165, 1.54) is 6.92 Å². The van der Waals surface area contributed by atoms with Gasteiger partial charge < -0.3 is 14.3 Å². The summed E-state index contributed by atoms with van der Waals surface area (Å²) in [5, 5.41) is 0. The van der Waals surface area contributed by atoms with E-state index in [2.05, 4.69) is 0 Å². The predicted molar refractivity (Wildman–Crippen MR) is 54.4 cm³/mol. The summed E-state index contributed by atoms with van der Waals surface area (Å²) < 4.78 is 10.4. The van der Waals surface area contributed by atoms with E-state index in [9.17, 15) is 9.59 Å². The zero-order valence-electron chi connectivity index (χ0n) is 9.32. The molecule has 15 heavy (non-hydrogen) atoms. The van der Waals surface area contributed by atoms with Gasteiger partial charge in [0.15, 0.2) is 0 Å². The number of Topliss-reactive ketones (excluding diaryl/α,β-unsaturated/α-hetero) is 1. The SMILES string of the molecule is CCOC(=O)C(CC(C)=O)C1CCCO1. The van der Waals surface area contributed by atoms with Crippen LogP contribution in [0, 0.1) is 5.92 Å². The number of rotatable bonds is 5. The summed E-state index contributed by atoms with van der Waals surface area (Å²) in [6, 6.07) is 0. The summed E-state index contributed by atoms with van der Waals surface area (Å²) in [4.78, 5) is 22.7. The number of hydrogen-bond acceptors (Lipinski definition) is 4. The van der Waals surface area contributed by atoms with Crippen LogP contribution < -0.4 is 0 Å². The zero-order valence-corrected chi connectivity index (χ0v) is 9.32. The van der Waals surface area contributed by atoms with Gasteiger partial charge in [-0.2, -0.15) is 0 Å². The van der Waals surface area contributed by atoms with Crippen molar-refractivity contribution in [2.45, 2.75) is 39.2 Å². The standard InChI is InChI=1S/C11H18O4/c1-3-14-11(13)9(7-8(2)12)10-5-4-6-15-10/h9-10H,3-7H2,1-2H3. The normalized spacial score (nSPS) is 22.4. The maximum atomic E-state index is 11.6. The van der Waals surface area contributed by atoms with Crippen molar-refractivity contribution in [3.05, 3.63) is 0 Å². The Morgan fingerprint density at radius 2 is 2.27 bits per heavy atom. The zero-order chi connectivity index (χ0) is 11.3. The molecule has 0 bridgehead atoms. The summed E-state index contributed by atoms with van der Waals surface area (Å²) >= 11 is 0. The summed E-state index contributed by atoms with van der Waals surface area (Å²) in [6.07, 6.45) is 1.89. The minimum absolute atomic E-state index is 0.00329. The molecule has 1 rings (SSSR count). The van der Waals surface area contributed by atoms with Crippen LogP contribution in [0.4, 0.5) is 0 Å². The second kappa shape index (κ2) is 5.85. The topological polar surface area (TPSA) is 52.6 Å². The average molecular weight is 214 g/mol. The van der Waals surface area contributed by atoms with Gasteiger partial charge in [-0.05, 0) is 26.7 Å². The number of carbonyl (C=O) groups excluding carboxylic acids is 2. The van der Waals surface area contributed by atoms with Crippen LogP contribution in [0.25, 0.3) is 0 Å². The van der Waals surface area contributed by atoms with Gasteiger partial charge in [0, 0.05) is 13.0 Å². The summed E-state index contributed by atoms with van der Waals surface area (Å²) in [6.45, 7) is 4.28. The molecule has 1 fully saturated rings. The van der Waals surface area contributed by atoms with Crippen LogP contribution >= 0.6 is 0 Å². The van der Waals surface area contributed by atoms with Crippen molar-refractivity contribution in [2.24, 2.45) is 5.92 Å². The van der Waals surface area contributed by atoms with Crippen LogP contribution in [0.1, 0.15) is 33.1 Å². The Kier molecular flexibility index (Phi) is 4.75. The van der Waals surface area contributed by atoms with Crippen molar-refractivity contribution in [3.8, 4) is 0 Å². The van der Waals surface area contributed by atoms with Crippen molar-refractivity contribution in [2.75, 3.05) is 13.2 Å². The van der Waals surface area contributed by atoms with Gasteiger partial charge in [-0.25, -0.2) is 0 Å². The number of ether oxygens (including phenoxy) is 2. The molecule has 1 saturated heterocycles. The molecule has 0 aliphatic carbocycles. The van der Waals surface area contributed by atoms with Gasteiger partial charge in [0.1, 0.15) is 5.78 Å². The van der Waals surface area contributed by atoms with Gasteiger partial charge in [0.2, 0.25) is 0 Å². The smallest absolute Gasteiger partial charge is 0.312 e. The first-order valence-electron chi connectivity index (χ1n) is 5.42. The highest BCUT2D eigenvalue weighted by molar-refractivity contribution is 5.83. The van der Waals surface area contributed by atoms with Crippen molar-refractivity contribution in [1.82, 2.24) is 0 Å². The first kappa shape index (κ1) is 12.2. The Hall–Kier alpha value is -0.900. The highest BCUT2D eigenvalue weighted by atomic mass is 16.5. The van der Waals surface area contributed by atoms with Crippen LogP contribution in [0.3, 0.4) is 0 Å². The molecule has 4 heteroatoms. The summed E-state index contributed by atoms with van der Waals surface area (Å²) in [5.41, 5.74) is 0. The molecule has 4 nitrogen and oxygen atoms in total. The molecule has 2 unspecified atom stereocenters. The van der Waals surface area contributed by atoms with E-state index in [0.29, 0.717) is 13.2 Å². The maximum absolute atomic E-state index is 11.6. The average Bonchev–Trinajstić information content (AvgIpc) is 2.66. The van der Waals surface area contributed by atoms with Gasteiger partial charge in [-0.15, -0.1) is 0 Å². The van der Waals surface area contributed by atoms with Crippen LogP contribution in [0.5, 0.6) is 0 Å². The van der Waals surface area contributed by atoms with Gasteiger partial charge in [0.05, 0.1) is 18.6 Å². The van der Waals surface area contributed by atoms with Crippen LogP contribution in [-0.2, 0) is 19.1 Å². The molecule has 0 saturated carbocycles. The molecule has 0 aromatic rings. The molecule has 0 N–H and O–H groups in total. The molecule has 2 atom stereocenters. The van der Waals surface area contributed by atoms with E-state index >= 15 is 0 Å². The Morgan fingerprint density at radius 3 is 2.73 bits per heavy atom. The Bertz CT molecular complexity index is 231. The van der Waals surface area contributed by atoms with E-state index in [0.717, 1.165) is 12.8 Å². The quantitative estimate of drug-likeness (QED) is 0.648. The molecule has 0 amide bonds. The van der Waals surface area contributed by atoms with E-state index in [-0.39, 0.29) is 24.3 Å². The van der Waals surface area contributed by atoms with E-state index in [4.69, 9.17) is 9.47 Å². The predicted octanol–water partition coefficient (Wildman–Crippen LogP) is 1.32. The van der Waals surface area contributed by atoms with Crippen molar-refractivity contribution in [1.29, 1.82) is 0 Å². The third-order valence-corrected chi connectivity index (χ3v) is 2.51. The second-order valence-corrected chi connectivity index (χ2v) is 3.82. The number of hydrogen-bond donors (Lipinski definition) is 0. The molecule has 0 aromatic heterocycles. The lowest BCUT2D eigenvalue weighted by Crippen LogP contribution is -2.31. The molecule has 0 spiro atoms. The highest BCUT2D eigenvalue weighted by Gasteiger charge is 2.33. The first-order chi connectivity index (χ1) is 7.15. The van der Waals surface area contributed by atoms with Gasteiger partial charge in [-0.3, -0.25) is 4.79 Å². The molecule has 0 aromatic carbocycles. The summed E-state index contributed by atoms with van der Waals surface area (Å²) in [5.74, 6) is -0.715. The largest absolute Gasteiger partial charge is 0.466 e. The number of ketones is 1.